The first kappa shape index (κ1) is 31.2. The van der Waals surface area contributed by atoms with Gasteiger partial charge < -0.3 is 36.6 Å². The number of aromatic nitrogens is 3. The number of hydrogen-bond acceptors (Lipinski definition) is 8. The van der Waals surface area contributed by atoms with Crippen molar-refractivity contribution < 1.29 is 34.5 Å². The van der Waals surface area contributed by atoms with Crippen LogP contribution < -0.4 is 16.4 Å². The lowest BCUT2D eigenvalue weighted by molar-refractivity contribution is -0.143. The number of hydrogen-bond donors (Lipinski definition) is 6. The van der Waals surface area contributed by atoms with Crippen LogP contribution in [0.3, 0.4) is 0 Å². The SMILES string of the molecule is CC(C)(O)c1cnnn1[C@H]1C[C@@H](C(=O)NC2(C(O)C(N)=O)CCCCC2)N(C(=O)C(CC23CCC(CC2)C3)NC(=O)O)C1. The van der Waals surface area contributed by atoms with Gasteiger partial charge in [0, 0.05) is 13.0 Å². The summed E-state index contributed by atoms with van der Waals surface area (Å²) in [5.41, 5.74) is 3.21. The zero-order valence-electron chi connectivity index (χ0n) is 25.0. The van der Waals surface area contributed by atoms with Gasteiger partial charge in [0.05, 0.1) is 23.5 Å². The van der Waals surface area contributed by atoms with Crippen LogP contribution >= 0.6 is 0 Å². The van der Waals surface area contributed by atoms with Gasteiger partial charge in [0.25, 0.3) is 0 Å². The van der Waals surface area contributed by atoms with Crippen molar-refractivity contribution in [1.82, 2.24) is 30.5 Å². The fourth-order valence-electron chi connectivity index (χ4n) is 8.27. The largest absolute Gasteiger partial charge is 0.465 e. The Bertz CT molecular complexity index is 1230. The number of carbonyl (C=O) groups excluding carboxylic acids is 3. The standard InChI is InChI=1S/C29H45N7O7/c1-27(2,43)21-15-31-34-36(21)18-12-20(24(39)33-29(22(37)23(30)38)8-4-3-5-9-29)35(16-18)25(40)19(32-26(41)42)14-28-10-6-17(13-28)7-11-28/h15,17-20,22,32,37,43H,3-14,16H2,1-2H3,(H2,30,38)(H,33,39)(H,41,42)/t17?,18-,19?,20-,22?,28?/m0/s1. The fourth-order valence-corrected chi connectivity index (χ4v) is 8.27. The summed E-state index contributed by atoms with van der Waals surface area (Å²) < 4.78 is 1.51. The van der Waals surface area contributed by atoms with Crippen LogP contribution in [0.15, 0.2) is 6.20 Å². The van der Waals surface area contributed by atoms with Crippen LogP contribution in [0.5, 0.6) is 0 Å². The molecule has 4 fully saturated rings. The second-order valence-electron chi connectivity index (χ2n) is 13.9. The molecule has 0 aromatic carbocycles. The van der Waals surface area contributed by atoms with Gasteiger partial charge in [-0.05, 0) is 76.5 Å². The smallest absolute Gasteiger partial charge is 0.405 e. The molecular weight excluding hydrogens is 558 g/mol. The highest BCUT2D eigenvalue weighted by Gasteiger charge is 2.51. The molecular formula is C29H45N7O7. The van der Waals surface area contributed by atoms with E-state index in [0.29, 0.717) is 43.7 Å². The second kappa shape index (κ2) is 11.7. The molecule has 14 nitrogen and oxygen atoms in total. The number of amides is 4. The number of nitrogens with zero attached hydrogens (tertiary/aromatic N) is 4. The van der Waals surface area contributed by atoms with E-state index < -0.39 is 59.2 Å². The summed E-state index contributed by atoms with van der Waals surface area (Å²) in [5.74, 6) is -1.40. The molecule has 4 aliphatic rings. The molecule has 43 heavy (non-hydrogen) atoms. The summed E-state index contributed by atoms with van der Waals surface area (Å²) in [4.78, 5) is 53.7. The molecule has 1 aromatic heterocycles. The highest BCUT2D eigenvalue weighted by Crippen LogP contribution is 2.56. The van der Waals surface area contributed by atoms with Crippen molar-refractivity contribution in [2.45, 2.75) is 126 Å². The van der Waals surface area contributed by atoms with Crippen molar-refractivity contribution in [2.75, 3.05) is 6.54 Å². The summed E-state index contributed by atoms with van der Waals surface area (Å²) in [7, 11) is 0. The number of carboxylic acid groups (broad SMARTS) is 1. The van der Waals surface area contributed by atoms with Gasteiger partial charge in [0.15, 0.2) is 6.10 Å². The van der Waals surface area contributed by atoms with Crippen LogP contribution in [0.4, 0.5) is 4.79 Å². The predicted octanol–water partition coefficient (Wildman–Crippen LogP) is 0.919. The van der Waals surface area contributed by atoms with E-state index in [2.05, 4.69) is 20.9 Å². The Balaban J connectivity index is 1.46. The average molecular weight is 604 g/mol. The molecule has 5 rings (SSSR count). The lowest BCUT2D eigenvalue weighted by Gasteiger charge is -2.42. The van der Waals surface area contributed by atoms with Gasteiger partial charge in [-0.25, -0.2) is 9.48 Å². The molecule has 238 valence electrons. The van der Waals surface area contributed by atoms with Gasteiger partial charge in [-0.15, -0.1) is 5.10 Å². The van der Waals surface area contributed by atoms with Crippen molar-refractivity contribution in [3.63, 3.8) is 0 Å². The van der Waals surface area contributed by atoms with E-state index in [-0.39, 0.29) is 18.4 Å². The number of aliphatic hydroxyl groups excluding tert-OH is 1. The maximum Gasteiger partial charge on any atom is 0.405 e. The molecule has 7 N–H and O–H groups in total. The summed E-state index contributed by atoms with van der Waals surface area (Å²) in [6, 6.07) is -2.64. The van der Waals surface area contributed by atoms with Crippen LogP contribution in [0.2, 0.25) is 0 Å². The van der Waals surface area contributed by atoms with E-state index in [4.69, 9.17) is 5.73 Å². The first-order valence-corrected chi connectivity index (χ1v) is 15.5. The van der Waals surface area contributed by atoms with Gasteiger partial charge >= 0.3 is 6.09 Å². The molecule has 1 aromatic rings. The minimum atomic E-state index is -1.60. The van der Waals surface area contributed by atoms with Crippen LogP contribution in [0, 0.1) is 11.3 Å². The Hall–Kier alpha value is -3.26. The maximum absolute atomic E-state index is 14.3. The summed E-state index contributed by atoms with van der Waals surface area (Å²) in [6.45, 7) is 3.21. The molecule has 2 heterocycles. The van der Waals surface area contributed by atoms with E-state index >= 15 is 0 Å². The third kappa shape index (κ3) is 6.21. The van der Waals surface area contributed by atoms with Crippen molar-refractivity contribution >= 4 is 23.8 Å². The quantitative estimate of drug-likeness (QED) is 0.224. The molecule has 4 atom stereocenters. The third-order valence-electron chi connectivity index (χ3n) is 10.4. The van der Waals surface area contributed by atoms with Crippen LogP contribution in [0.1, 0.15) is 103 Å². The van der Waals surface area contributed by atoms with E-state index in [0.717, 1.165) is 38.5 Å². The highest BCUT2D eigenvalue weighted by molar-refractivity contribution is 5.92. The maximum atomic E-state index is 14.3. The van der Waals surface area contributed by atoms with Crippen molar-refractivity contribution in [1.29, 1.82) is 0 Å². The van der Waals surface area contributed by atoms with E-state index in [1.807, 2.05) is 0 Å². The van der Waals surface area contributed by atoms with E-state index in [9.17, 15) is 34.5 Å². The lowest BCUT2D eigenvalue weighted by Crippen LogP contribution is -2.64. The molecule has 4 amide bonds. The molecule has 2 bridgehead atoms. The first-order chi connectivity index (χ1) is 20.2. The Labute approximate surface area is 250 Å². The van der Waals surface area contributed by atoms with Gasteiger partial charge in [-0.2, -0.15) is 0 Å². The normalized spacial score (nSPS) is 29.7. The molecule has 3 saturated carbocycles. The first-order valence-electron chi connectivity index (χ1n) is 15.5. The Morgan fingerprint density at radius 1 is 1.14 bits per heavy atom. The second-order valence-corrected chi connectivity index (χ2v) is 13.9. The minimum Gasteiger partial charge on any atom is -0.465 e. The minimum absolute atomic E-state index is 0.0299. The Morgan fingerprint density at radius 3 is 2.37 bits per heavy atom. The van der Waals surface area contributed by atoms with Crippen LogP contribution in [-0.4, -0.2) is 89.3 Å². The fraction of sp³-hybridized carbons (Fsp3) is 0.793. The van der Waals surface area contributed by atoms with Crippen molar-refractivity contribution in [3.8, 4) is 0 Å². The zero-order valence-corrected chi connectivity index (χ0v) is 25.0. The Morgan fingerprint density at radius 2 is 1.81 bits per heavy atom. The van der Waals surface area contributed by atoms with E-state index in [1.54, 1.807) is 13.8 Å². The summed E-state index contributed by atoms with van der Waals surface area (Å²) >= 11 is 0. The van der Waals surface area contributed by atoms with E-state index in [1.165, 1.54) is 15.8 Å². The van der Waals surface area contributed by atoms with Crippen molar-refractivity contribution in [3.05, 3.63) is 11.9 Å². The molecule has 0 radical (unpaired) electrons. The van der Waals surface area contributed by atoms with Gasteiger partial charge in [0.2, 0.25) is 17.7 Å². The lowest BCUT2D eigenvalue weighted by atomic mass is 9.77. The number of fused-ring (bicyclic) bond motifs is 2. The summed E-state index contributed by atoms with van der Waals surface area (Å²) in [5, 5.41) is 44.7. The van der Waals surface area contributed by atoms with Crippen molar-refractivity contribution in [2.24, 2.45) is 17.1 Å². The van der Waals surface area contributed by atoms with Crippen LogP contribution in [-0.2, 0) is 20.0 Å². The topological polar surface area (TPSA) is 213 Å². The predicted molar refractivity (Wildman–Crippen MR) is 152 cm³/mol. The Kier molecular flexibility index (Phi) is 8.47. The van der Waals surface area contributed by atoms with Crippen LogP contribution in [0.25, 0.3) is 0 Å². The number of rotatable bonds is 10. The number of carbonyl (C=O) groups is 4. The molecule has 2 unspecified atom stereocenters. The zero-order chi connectivity index (χ0) is 31.2. The number of nitrogens with two attached hydrogens (primary N) is 1. The third-order valence-corrected chi connectivity index (χ3v) is 10.4. The van der Waals surface area contributed by atoms with Gasteiger partial charge in [-0.1, -0.05) is 24.5 Å². The van der Waals surface area contributed by atoms with Gasteiger partial charge in [-0.3, -0.25) is 14.4 Å². The number of primary amides is 1. The monoisotopic (exact) mass is 603 g/mol. The number of aliphatic hydroxyl groups is 2. The molecule has 1 aliphatic heterocycles. The molecule has 3 aliphatic carbocycles. The number of likely N-dealkylation sites (tertiary alicyclic amines) is 1. The highest BCUT2D eigenvalue weighted by atomic mass is 16.4. The number of nitrogens with one attached hydrogen (secondary N) is 2. The molecule has 1 saturated heterocycles. The molecule has 0 spiro atoms. The average Bonchev–Trinajstić information content (AvgIpc) is 3.74. The molecule has 14 heteroatoms. The summed E-state index contributed by atoms with van der Waals surface area (Å²) in [6.07, 6.45) is 6.93. The van der Waals surface area contributed by atoms with Gasteiger partial charge in [0.1, 0.15) is 17.7 Å².